The number of likely N-dealkylation sites (N-methyl/N-ethyl adjacent to an activating group) is 1. The van der Waals surface area contributed by atoms with Gasteiger partial charge >= 0.3 is 6.18 Å². The monoisotopic (exact) mass is 601 g/mol. The number of benzene rings is 2. The quantitative estimate of drug-likeness (QED) is 0.320. The third-order valence-electron chi connectivity index (χ3n) is 7.00. The van der Waals surface area contributed by atoms with Crippen LogP contribution in [0.4, 0.5) is 24.8 Å². The van der Waals surface area contributed by atoms with Crippen molar-refractivity contribution >= 4 is 21.7 Å². The van der Waals surface area contributed by atoms with Crippen molar-refractivity contribution in [1.82, 2.24) is 24.6 Å². The van der Waals surface area contributed by atoms with Gasteiger partial charge in [-0.1, -0.05) is 24.3 Å². The molecular weight excluding hydrogens is 571 g/mol. The van der Waals surface area contributed by atoms with E-state index in [4.69, 9.17) is 4.74 Å². The van der Waals surface area contributed by atoms with Crippen molar-refractivity contribution in [3.63, 3.8) is 0 Å². The van der Waals surface area contributed by atoms with Gasteiger partial charge in [0.05, 0.1) is 17.6 Å². The molecule has 222 valence electrons. The second-order valence-electron chi connectivity index (χ2n) is 10.2. The van der Waals surface area contributed by atoms with Gasteiger partial charge in [-0.15, -0.1) is 0 Å². The zero-order chi connectivity index (χ0) is 30.2. The summed E-state index contributed by atoms with van der Waals surface area (Å²) in [5.41, 5.74) is 1.69. The Hall–Kier alpha value is -4.17. The summed E-state index contributed by atoms with van der Waals surface area (Å²) in [4.78, 5) is 12.2. The highest BCUT2D eigenvalue weighted by Crippen LogP contribution is 2.44. The largest absolute Gasteiger partial charge is 0.438 e. The number of sulfonamides is 1. The van der Waals surface area contributed by atoms with Crippen molar-refractivity contribution in [2.24, 2.45) is 7.05 Å². The van der Waals surface area contributed by atoms with E-state index in [0.29, 0.717) is 31.7 Å². The molecule has 1 fully saturated rings. The van der Waals surface area contributed by atoms with Crippen molar-refractivity contribution in [1.29, 1.82) is 0 Å². The summed E-state index contributed by atoms with van der Waals surface area (Å²) in [6.07, 6.45) is -2.27. The van der Waals surface area contributed by atoms with Gasteiger partial charge < -0.3 is 14.5 Å². The summed E-state index contributed by atoms with van der Waals surface area (Å²) in [6, 6.07) is 11.1. The molecule has 0 saturated carbocycles. The lowest BCUT2D eigenvalue weighted by molar-refractivity contribution is -0.138. The number of alkyl halides is 3. The van der Waals surface area contributed by atoms with Crippen LogP contribution in [0.2, 0.25) is 0 Å². The second kappa shape index (κ2) is 11.2. The van der Waals surface area contributed by atoms with Crippen molar-refractivity contribution in [3.8, 4) is 22.9 Å². The van der Waals surface area contributed by atoms with E-state index in [0.717, 1.165) is 17.3 Å². The lowest BCUT2D eigenvalue weighted by Crippen LogP contribution is -2.45. The van der Waals surface area contributed by atoms with Crippen LogP contribution in [0, 0.1) is 13.8 Å². The number of nitrogens with zero attached hydrogens (tertiary/aromatic N) is 6. The van der Waals surface area contributed by atoms with Crippen molar-refractivity contribution in [2.45, 2.75) is 24.9 Å². The molecule has 4 aromatic rings. The number of piperazine rings is 1. The fourth-order valence-electron chi connectivity index (χ4n) is 4.90. The van der Waals surface area contributed by atoms with E-state index in [1.54, 1.807) is 11.9 Å². The number of halogens is 3. The standard InChI is InChI=1S/C28H30F3N7O3S/c1-18-7-5-8-19(2)25(18)21-15-24(34-27(33-21)35-42(39,40)20-16-32-37(4)17-20)41-23-10-6-9-22(26(23)28(29,30)31)38-13-11-36(3)12-14-38/h5-10,15-17H,11-14H2,1-4H3,(H,33,34,35). The SMILES string of the molecule is Cc1cccc(C)c1-c1cc(Oc2cccc(N3CCN(C)CC3)c2C(F)(F)F)nc(NS(=O)(=O)c2cnn(C)c2)n1. The summed E-state index contributed by atoms with van der Waals surface area (Å²) in [5, 5.41) is 3.89. The Morgan fingerprint density at radius 1 is 0.952 bits per heavy atom. The van der Waals surface area contributed by atoms with E-state index in [1.165, 1.54) is 35.1 Å². The molecule has 0 unspecified atom stereocenters. The summed E-state index contributed by atoms with van der Waals surface area (Å²) in [5.74, 6) is -1.07. The average molecular weight is 602 g/mol. The Labute approximate surface area is 241 Å². The first-order chi connectivity index (χ1) is 19.8. The molecule has 0 amide bonds. The van der Waals surface area contributed by atoms with Crippen LogP contribution in [-0.4, -0.2) is 66.3 Å². The van der Waals surface area contributed by atoms with Gasteiger partial charge in [0.25, 0.3) is 10.0 Å². The summed E-state index contributed by atoms with van der Waals surface area (Å²) >= 11 is 0. The van der Waals surface area contributed by atoms with Gasteiger partial charge in [-0.25, -0.2) is 18.1 Å². The van der Waals surface area contributed by atoms with Crippen molar-refractivity contribution in [2.75, 3.05) is 42.8 Å². The summed E-state index contributed by atoms with van der Waals surface area (Å²) in [7, 11) is -0.675. The highest BCUT2D eigenvalue weighted by atomic mass is 32.2. The smallest absolute Gasteiger partial charge is 0.421 e. The maximum Gasteiger partial charge on any atom is 0.421 e. The molecule has 0 spiro atoms. The van der Waals surface area contributed by atoms with Crippen LogP contribution in [0.15, 0.2) is 59.8 Å². The molecule has 0 bridgehead atoms. The fraction of sp³-hybridized carbons (Fsp3) is 0.321. The van der Waals surface area contributed by atoms with Gasteiger partial charge in [0, 0.05) is 51.1 Å². The number of ether oxygens (including phenoxy) is 1. The van der Waals surface area contributed by atoms with Gasteiger partial charge in [-0.3, -0.25) is 4.68 Å². The Morgan fingerprint density at radius 2 is 1.62 bits per heavy atom. The lowest BCUT2D eigenvalue weighted by Gasteiger charge is -2.35. The molecule has 0 atom stereocenters. The number of anilines is 2. The fourth-order valence-corrected chi connectivity index (χ4v) is 5.83. The summed E-state index contributed by atoms with van der Waals surface area (Å²) < 4.78 is 79.2. The lowest BCUT2D eigenvalue weighted by atomic mass is 10.00. The van der Waals surface area contributed by atoms with E-state index in [9.17, 15) is 21.6 Å². The van der Waals surface area contributed by atoms with Crippen LogP contribution in [0.1, 0.15) is 16.7 Å². The minimum absolute atomic E-state index is 0.00892. The molecule has 5 rings (SSSR count). The van der Waals surface area contributed by atoms with Gasteiger partial charge in [0.15, 0.2) is 0 Å². The first-order valence-corrected chi connectivity index (χ1v) is 14.6. The van der Waals surface area contributed by atoms with Crippen LogP contribution in [0.5, 0.6) is 11.6 Å². The molecule has 1 saturated heterocycles. The number of aryl methyl sites for hydroxylation is 3. The normalized spacial score (nSPS) is 14.7. The molecule has 2 aromatic carbocycles. The topological polar surface area (TPSA) is 105 Å². The maximum atomic E-state index is 14.5. The molecule has 1 N–H and O–H groups in total. The minimum atomic E-state index is -4.73. The highest BCUT2D eigenvalue weighted by Gasteiger charge is 2.39. The molecule has 1 aliphatic rings. The molecule has 0 aliphatic carbocycles. The first kappa shape index (κ1) is 29.3. The predicted octanol–water partition coefficient (Wildman–Crippen LogP) is 4.86. The van der Waals surface area contributed by atoms with Crippen molar-refractivity contribution < 1.29 is 26.3 Å². The molecule has 2 aromatic heterocycles. The zero-order valence-corrected chi connectivity index (χ0v) is 24.3. The van der Waals surface area contributed by atoms with E-state index in [2.05, 4.69) is 19.8 Å². The van der Waals surface area contributed by atoms with Crippen LogP contribution in [0.25, 0.3) is 11.3 Å². The van der Waals surface area contributed by atoms with Crippen LogP contribution < -0.4 is 14.4 Å². The third kappa shape index (κ3) is 6.19. The number of hydrogen-bond donors (Lipinski definition) is 1. The van der Waals surface area contributed by atoms with E-state index in [-0.39, 0.29) is 28.1 Å². The van der Waals surface area contributed by atoms with E-state index < -0.39 is 27.5 Å². The van der Waals surface area contributed by atoms with Gasteiger partial charge in [-0.2, -0.15) is 23.3 Å². The van der Waals surface area contributed by atoms with Gasteiger partial charge in [0.2, 0.25) is 11.8 Å². The summed E-state index contributed by atoms with van der Waals surface area (Å²) in [6.45, 7) is 5.79. The molecule has 0 radical (unpaired) electrons. The first-order valence-electron chi connectivity index (χ1n) is 13.1. The molecule has 42 heavy (non-hydrogen) atoms. The molecular formula is C28H30F3N7O3S. The zero-order valence-electron chi connectivity index (χ0n) is 23.5. The average Bonchev–Trinajstić information content (AvgIpc) is 3.35. The molecule has 1 aliphatic heterocycles. The second-order valence-corrected chi connectivity index (χ2v) is 11.9. The minimum Gasteiger partial charge on any atom is -0.438 e. The molecule has 14 heteroatoms. The number of hydrogen-bond acceptors (Lipinski definition) is 8. The van der Waals surface area contributed by atoms with E-state index in [1.807, 2.05) is 44.0 Å². The Kier molecular flexibility index (Phi) is 7.86. The Bertz CT molecular complexity index is 1700. The van der Waals surface area contributed by atoms with Crippen molar-refractivity contribution in [3.05, 3.63) is 71.5 Å². The molecule has 10 nitrogen and oxygen atoms in total. The number of aromatic nitrogens is 4. The third-order valence-corrected chi connectivity index (χ3v) is 8.29. The number of rotatable bonds is 7. The van der Waals surface area contributed by atoms with Gasteiger partial charge in [0.1, 0.15) is 16.2 Å². The van der Waals surface area contributed by atoms with Crippen LogP contribution >= 0.6 is 0 Å². The van der Waals surface area contributed by atoms with Gasteiger partial charge in [-0.05, 0) is 44.2 Å². The molecule has 3 heterocycles. The maximum absolute atomic E-state index is 14.5. The van der Waals surface area contributed by atoms with Crippen LogP contribution in [-0.2, 0) is 23.2 Å². The van der Waals surface area contributed by atoms with Crippen LogP contribution in [0.3, 0.4) is 0 Å². The Morgan fingerprint density at radius 3 is 2.24 bits per heavy atom. The predicted molar refractivity (Wildman–Crippen MR) is 152 cm³/mol. The van der Waals surface area contributed by atoms with E-state index >= 15 is 0 Å². The number of nitrogens with one attached hydrogen (secondary N) is 1. The highest BCUT2D eigenvalue weighted by molar-refractivity contribution is 7.92. The Balaban J connectivity index is 1.61.